The predicted octanol–water partition coefficient (Wildman–Crippen LogP) is 9.15. The number of rotatable bonds is 23. The van der Waals surface area contributed by atoms with Crippen molar-refractivity contribution in [3.8, 4) is 0 Å². The Labute approximate surface area is 174 Å². The topological polar surface area (TPSA) is 3.24 Å². The van der Waals surface area contributed by atoms with E-state index in [1.165, 1.54) is 148 Å². The summed E-state index contributed by atoms with van der Waals surface area (Å²) in [5, 5.41) is 0. The molecule has 0 amide bonds. The van der Waals surface area contributed by atoms with Crippen LogP contribution in [0.1, 0.15) is 149 Å². The number of nitrogens with zero attached hydrogens (tertiary/aromatic N) is 1. The van der Waals surface area contributed by atoms with Crippen LogP contribution < -0.4 is 0 Å². The molecule has 0 saturated heterocycles. The molecule has 0 N–H and O–H groups in total. The van der Waals surface area contributed by atoms with Crippen LogP contribution in [-0.4, -0.2) is 25.0 Å². The average molecular weight is 382 g/mol. The molecular formula is C26H55N. The van der Waals surface area contributed by atoms with E-state index in [4.69, 9.17) is 0 Å². The second-order valence-electron chi connectivity index (χ2n) is 9.02. The van der Waals surface area contributed by atoms with Gasteiger partial charge in [-0.05, 0) is 33.0 Å². The summed E-state index contributed by atoms with van der Waals surface area (Å²) in [4.78, 5) is 2.57. The van der Waals surface area contributed by atoms with Crippen molar-refractivity contribution < 1.29 is 0 Å². The van der Waals surface area contributed by atoms with E-state index in [2.05, 4.69) is 25.8 Å². The van der Waals surface area contributed by atoms with Crippen LogP contribution >= 0.6 is 0 Å². The maximum absolute atomic E-state index is 2.57. The maximum atomic E-state index is 2.57. The molecule has 27 heavy (non-hydrogen) atoms. The average Bonchev–Trinajstić information content (AvgIpc) is 2.67. The van der Waals surface area contributed by atoms with Gasteiger partial charge in [0.1, 0.15) is 0 Å². The minimum absolute atomic E-state index is 1.31. The van der Waals surface area contributed by atoms with E-state index < -0.39 is 0 Å². The van der Waals surface area contributed by atoms with Crippen molar-refractivity contribution >= 4 is 0 Å². The lowest BCUT2D eigenvalue weighted by Gasteiger charge is -2.16. The molecule has 0 saturated carbocycles. The van der Waals surface area contributed by atoms with Gasteiger partial charge in [-0.3, -0.25) is 0 Å². The number of hydrogen-bond donors (Lipinski definition) is 0. The van der Waals surface area contributed by atoms with E-state index in [1.807, 2.05) is 0 Å². The highest BCUT2D eigenvalue weighted by atomic mass is 15.1. The van der Waals surface area contributed by atoms with Gasteiger partial charge in [-0.25, -0.2) is 0 Å². The summed E-state index contributed by atoms with van der Waals surface area (Å²) < 4.78 is 0. The molecule has 0 rings (SSSR count). The van der Waals surface area contributed by atoms with E-state index in [1.54, 1.807) is 0 Å². The molecule has 0 aromatic heterocycles. The summed E-state index contributed by atoms with van der Waals surface area (Å²) >= 11 is 0. The van der Waals surface area contributed by atoms with Crippen molar-refractivity contribution in [3.63, 3.8) is 0 Å². The minimum atomic E-state index is 1.31. The Bertz CT molecular complexity index is 251. The summed E-state index contributed by atoms with van der Waals surface area (Å²) in [6.45, 7) is 7.23. The smallest absolute Gasteiger partial charge is 0.00218 e. The maximum Gasteiger partial charge on any atom is -0.00218 e. The molecule has 0 aliphatic heterocycles. The molecule has 164 valence electrons. The van der Waals surface area contributed by atoms with Crippen LogP contribution in [-0.2, 0) is 0 Å². The Morgan fingerprint density at radius 1 is 0.333 bits per heavy atom. The largest absolute Gasteiger partial charge is 0.306 e. The molecular weight excluding hydrogens is 326 g/mol. The molecule has 0 radical (unpaired) electrons. The first kappa shape index (κ1) is 27.0. The van der Waals surface area contributed by atoms with Crippen molar-refractivity contribution in [1.29, 1.82) is 0 Å². The minimum Gasteiger partial charge on any atom is -0.306 e. The van der Waals surface area contributed by atoms with Gasteiger partial charge in [0.25, 0.3) is 0 Å². The zero-order valence-electron chi connectivity index (χ0n) is 19.7. The zero-order valence-corrected chi connectivity index (χ0v) is 19.7. The second kappa shape index (κ2) is 24.0. The molecule has 0 unspecified atom stereocenters. The molecule has 0 heterocycles. The lowest BCUT2D eigenvalue weighted by atomic mass is 10.1. The molecule has 0 fully saturated rings. The Hall–Kier alpha value is -0.0400. The highest BCUT2D eigenvalue weighted by molar-refractivity contribution is 4.55. The molecule has 1 heteroatoms. The number of hydrogen-bond acceptors (Lipinski definition) is 1. The van der Waals surface area contributed by atoms with Gasteiger partial charge < -0.3 is 4.90 Å². The predicted molar refractivity (Wildman–Crippen MR) is 126 cm³/mol. The van der Waals surface area contributed by atoms with Crippen LogP contribution in [0.15, 0.2) is 0 Å². The van der Waals surface area contributed by atoms with E-state index in [0.717, 1.165) is 0 Å². The van der Waals surface area contributed by atoms with E-state index in [9.17, 15) is 0 Å². The third-order valence-corrected chi connectivity index (χ3v) is 6.04. The third-order valence-electron chi connectivity index (χ3n) is 6.04. The van der Waals surface area contributed by atoms with Gasteiger partial charge >= 0.3 is 0 Å². The summed E-state index contributed by atoms with van der Waals surface area (Å²) in [7, 11) is 2.32. The second-order valence-corrected chi connectivity index (χ2v) is 9.02. The van der Waals surface area contributed by atoms with Crippen molar-refractivity contribution in [3.05, 3.63) is 0 Å². The lowest BCUT2D eigenvalue weighted by Crippen LogP contribution is -2.20. The SMILES string of the molecule is CCCCCCCCCCCCCN(C)CCCCCCCCCCCC. The standard InChI is InChI=1S/C26H55N/c1-4-6-8-10-12-14-16-18-20-22-24-26-27(3)25-23-21-19-17-15-13-11-9-7-5-2/h4-26H2,1-3H3. The molecule has 0 aromatic carbocycles. The van der Waals surface area contributed by atoms with Crippen molar-refractivity contribution in [2.24, 2.45) is 0 Å². The van der Waals surface area contributed by atoms with Crippen molar-refractivity contribution in [2.45, 2.75) is 149 Å². The van der Waals surface area contributed by atoms with Crippen LogP contribution in [0.2, 0.25) is 0 Å². The van der Waals surface area contributed by atoms with Crippen molar-refractivity contribution in [1.82, 2.24) is 4.90 Å². The summed E-state index contributed by atoms with van der Waals surface area (Å²) in [5.74, 6) is 0. The Morgan fingerprint density at radius 3 is 0.815 bits per heavy atom. The van der Waals surface area contributed by atoms with Crippen LogP contribution in [0.25, 0.3) is 0 Å². The van der Waals surface area contributed by atoms with E-state index in [-0.39, 0.29) is 0 Å². The summed E-state index contributed by atoms with van der Waals surface area (Å²) in [6.07, 6.45) is 30.4. The fourth-order valence-electron chi connectivity index (χ4n) is 4.03. The monoisotopic (exact) mass is 381 g/mol. The first-order valence-electron chi connectivity index (χ1n) is 13.0. The third kappa shape index (κ3) is 23.9. The molecule has 0 aromatic rings. The molecule has 0 spiro atoms. The van der Waals surface area contributed by atoms with Gasteiger partial charge in [-0.2, -0.15) is 0 Å². The normalized spacial score (nSPS) is 11.6. The highest BCUT2D eigenvalue weighted by Crippen LogP contribution is 2.12. The molecule has 1 nitrogen and oxygen atoms in total. The summed E-state index contributed by atoms with van der Waals surface area (Å²) in [5.41, 5.74) is 0. The van der Waals surface area contributed by atoms with Crippen molar-refractivity contribution in [2.75, 3.05) is 20.1 Å². The van der Waals surface area contributed by atoms with Gasteiger partial charge in [0.05, 0.1) is 0 Å². The Morgan fingerprint density at radius 2 is 0.556 bits per heavy atom. The van der Waals surface area contributed by atoms with Gasteiger partial charge in [0.2, 0.25) is 0 Å². The van der Waals surface area contributed by atoms with Gasteiger partial charge in [0.15, 0.2) is 0 Å². The highest BCUT2D eigenvalue weighted by Gasteiger charge is 1.99. The lowest BCUT2D eigenvalue weighted by molar-refractivity contribution is 0.314. The zero-order chi connectivity index (χ0) is 19.8. The van der Waals surface area contributed by atoms with Crippen LogP contribution in [0.4, 0.5) is 0 Å². The van der Waals surface area contributed by atoms with Crippen LogP contribution in [0.3, 0.4) is 0 Å². The quantitative estimate of drug-likeness (QED) is 0.159. The Balaban J connectivity index is 3.12. The molecule has 0 aliphatic rings. The molecule has 0 bridgehead atoms. The molecule has 0 atom stereocenters. The van der Waals surface area contributed by atoms with Crippen LogP contribution in [0.5, 0.6) is 0 Å². The van der Waals surface area contributed by atoms with E-state index >= 15 is 0 Å². The summed E-state index contributed by atoms with van der Waals surface area (Å²) in [6, 6.07) is 0. The first-order valence-corrected chi connectivity index (χ1v) is 13.0. The Kier molecular flexibility index (Phi) is 24.0. The van der Waals surface area contributed by atoms with Gasteiger partial charge in [-0.1, -0.05) is 136 Å². The number of unbranched alkanes of at least 4 members (excludes halogenated alkanes) is 19. The van der Waals surface area contributed by atoms with E-state index in [0.29, 0.717) is 0 Å². The van der Waals surface area contributed by atoms with Gasteiger partial charge in [0, 0.05) is 0 Å². The fraction of sp³-hybridized carbons (Fsp3) is 1.00. The molecule has 0 aliphatic carbocycles. The van der Waals surface area contributed by atoms with Crippen LogP contribution in [0, 0.1) is 0 Å². The fourth-order valence-corrected chi connectivity index (χ4v) is 4.03. The first-order chi connectivity index (χ1) is 13.3. The van der Waals surface area contributed by atoms with Gasteiger partial charge in [-0.15, -0.1) is 0 Å².